The molecule has 2 aromatic rings. The zero-order chi connectivity index (χ0) is 12.8. The van der Waals surface area contributed by atoms with E-state index in [1.54, 1.807) is 0 Å². The number of rotatable bonds is 6. The lowest BCUT2D eigenvalue weighted by molar-refractivity contribution is 0.145. The molecule has 1 heterocycles. The second-order valence-electron chi connectivity index (χ2n) is 3.75. The molecule has 2 rings (SSSR count). The zero-order valence-corrected chi connectivity index (χ0v) is 10.9. The predicted octanol–water partition coefficient (Wildman–Crippen LogP) is 2.98. The molecule has 1 unspecified atom stereocenters. The Morgan fingerprint density at radius 1 is 1.28 bits per heavy atom. The topological polar surface area (TPSA) is 48.2 Å². The highest BCUT2D eigenvalue weighted by atomic mass is 35.5. The Hall–Kier alpha value is -1.39. The van der Waals surface area contributed by atoms with Gasteiger partial charge in [-0.2, -0.15) is 0 Å². The van der Waals surface area contributed by atoms with E-state index in [0.29, 0.717) is 31.4 Å². The second kappa shape index (κ2) is 6.52. The first kappa shape index (κ1) is 13.1. The molecule has 1 aromatic carbocycles. The number of nitrogens with zero attached hydrogens (tertiary/aromatic N) is 2. The standard InChI is InChI=1S/C13H15ClN2O2/c1-2-17-9-8-11-15-16-13(18-11)12(14)10-6-4-3-5-7-10/h3-7,12H,2,8-9H2,1H3. The van der Waals surface area contributed by atoms with E-state index < -0.39 is 5.38 Å². The summed E-state index contributed by atoms with van der Waals surface area (Å²) in [6.45, 7) is 3.21. The van der Waals surface area contributed by atoms with Gasteiger partial charge >= 0.3 is 0 Å². The van der Waals surface area contributed by atoms with Gasteiger partial charge in [-0.3, -0.25) is 0 Å². The molecule has 0 aliphatic carbocycles. The van der Waals surface area contributed by atoms with Crippen LogP contribution in [0.1, 0.15) is 29.6 Å². The molecule has 0 aliphatic rings. The van der Waals surface area contributed by atoms with Crippen LogP contribution < -0.4 is 0 Å². The third-order valence-corrected chi connectivity index (χ3v) is 2.89. The molecular formula is C13H15ClN2O2. The minimum absolute atomic E-state index is 0.403. The van der Waals surface area contributed by atoms with Gasteiger partial charge in [-0.05, 0) is 12.5 Å². The molecule has 1 aromatic heterocycles. The Morgan fingerprint density at radius 2 is 2.06 bits per heavy atom. The van der Waals surface area contributed by atoms with Gasteiger partial charge < -0.3 is 9.15 Å². The van der Waals surface area contributed by atoms with Crippen LogP contribution in [0.4, 0.5) is 0 Å². The van der Waals surface area contributed by atoms with E-state index in [2.05, 4.69) is 10.2 Å². The van der Waals surface area contributed by atoms with Gasteiger partial charge in [-0.1, -0.05) is 30.3 Å². The van der Waals surface area contributed by atoms with E-state index in [1.165, 1.54) is 0 Å². The average molecular weight is 267 g/mol. The van der Waals surface area contributed by atoms with Crippen molar-refractivity contribution in [1.29, 1.82) is 0 Å². The molecular weight excluding hydrogens is 252 g/mol. The fourth-order valence-corrected chi connectivity index (χ4v) is 1.77. The molecule has 5 heteroatoms. The maximum atomic E-state index is 6.28. The Bertz CT molecular complexity index is 473. The third kappa shape index (κ3) is 3.31. The van der Waals surface area contributed by atoms with E-state index in [0.717, 1.165) is 5.56 Å². The molecule has 96 valence electrons. The lowest BCUT2D eigenvalue weighted by Crippen LogP contribution is -1.97. The molecule has 0 N–H and O–H groups in total. The Labute approximate surface area is 111 Å². The van der Waals surface area contributed by atoms with Gasteiger partial charge in [-0.15, -0.1) is 21.8 Å². The van der Waals surface area contributed by atoms with Gasteiger partial charge in [0.2, 0.25) is 11.8 Å². The molecule has 0 saturated carbocycles. The van der Waals surface area contributed by atoms with Crippen molar-refractivity contribution >= 4 is 11.6 Å². The Kier molecular flexibility index (Phi) is 4.73. The smallest absolute Gasteiger partial charge is 0.238 e. The fraction of sp³-hybridized carbons (Fsp3) is 0.385. The first-order chi connectivity index (χ1) is 8.81. The van der Waals surface area contributed by atoms with Gasteiger partial charge in [-0.25, -0.2) is 0 Å². The molecule has 18 heavy (non-hydrogen) atoms. The highest BCUT2D eigenvalue weighted by molar-refractivity contribution is 6.22. The van der Waals surface area contributed by atoms with Crippen molar-refractivity contribution < 1.29 is 9.15 Å². The van der Waals surface area contributed by atoms with Crippen molar-refractivity contribution in [1.82, 2.24) is 10.2 Å². The predicted molar refractivity (Wildman–Crippen MR) is 68.6 cm³/mol. The maximum Gasteiger partial charge on any atom is 0.238 e. The van der Waals surface area contributed by atoms with Crippen molar-refractivity contribution in [3.8, 4) is 0 Å². The molecule has 0 radical (unpaired) electrons. The number of benzene rings is 1. The van der Waals surface area contributed by atoms with Crippen molar-refractivity contribution in [2.75, 3.05) is 13.2 Å². The summed E-state index contributed by atoms with van der Waals surface area (Å²) in [5.74, 6) is 0.981. The van der Waals surface area contributed by atoms with Crippen LogP contribution in [0.5, 0.6) is 0 Å². The van der Waals surface area contributed by atoms with Crippen LogP contribution in [0.15, 0.2) is 34.7 Å². The Morgan fingerprint density at radius 3 is 2.78 bits per heavy atom. The lowest BCUT2D eigenvalue weighted by atomic mass is 10.1. The van der Waals surface area contributed by atoms with Crippen molar-refractivity contribution in [3.05, 3.63) is 47.7 Å². The van der Waals surface area contributed by atoms with Crippen LogP contribution in [0.25, 0.3) is 0 Å². The van der Waals surface area contributed by atoms with Gasteiger partial charge in [0.05, 0.1) is 6.61 Å². The number of aromatic nitrogens is 2. The number of hydrogen-bond donors (Lipinski definition) is 0. The Balaban J connectivity index is 2.01. The van der Waals surface area contributed by atoms with Crippen molar-refractivity contribution in [2.45, 2.75) is 18.7 Å². The van der Waals surface area contributed by atoms with Gasteiger partial charge in [0, 0.05) is 13.0 Å². The minimum Gasteiger partial charge on any atom is -0.423 e. The van der Waals surface area contributed by atoms with E-state index in [-0.39, 0.29) is 0 Å². The van der Waals surface area contributed by atoms with Crippen molar-refractivity contribution in [2.24, 2.45) is 0 Å². The fourth-order valence-electron chi connectivity index (χ4n) is 1.54. The van der Waals surface area contributed by atoms with Gasteiger partial charge in [0.15, 0.2) is 0 Å². The molecule has 0 fully saturated rings. The first-order valence-corrected chi connectivity index (χ1v) is 6.34. The largest absolute Gasteiger partial charge is 0.423 e. The zero-order valence-electron chi connectivity index (χ0n) is 10.2. The number of halogens is 1. The van der Waals surface area contributed by atoms with Crippen LogP contribution >= 0.6 is 11.6 Å². The minimum atomic E-state index is -0.403. The summed E-state index contributed by atoms with van der Waals surface area (Å²) in [5, 5.41) is 7.52. The monoisotopic (exact) mass is 266 g/mol. The summed E-state index contributed by atoms with van der Waals surface area (Å²) < 4.78 is 10.7. The highest BCUT2D eigenvalue weighted by Crippen LogP contribution is 2.27. The number of ether oxygens (including phenoxy) is 1. The SMILES string of the molecule is CCOCCc1nnc(C(Cl)c2ccccc2)o1. The molecule has 0 bridgehead atoms. The number of alkyl halides is 1. The van der Waals surface area contributed by atoms with E-state index >= 15 is 0 Å². The van der Waals surface area contributed by atoms with Crippen LogP contribution in [-0.4, -0.2) is 23.4 Å². The summed E-state index contributed by atoms with van der Waals surface area (Å²) in [5.41, 5.74) is 0.944. The second-order valence-corrected chi connectivity index (χ2v) is 4.19. The molecule has 4 nitrogen and oxygen atoms in total. The van der Waals surface area contributed by atoms with Crippen LogP contribution in [0.2, 0.25) is 0 Å². The third-order valence-electron chi connectivity index (χ3n) is 2.46. The number of hydrogen-bond acceptors (Lipinski definition) is 4. The molecule has 1 atom stereocenters. The maximum absolute atomic E-state index is 6.28. The van der Waals surface area contributed by atoms with E-state index in [1.807, 2.05) is 37.3 Å². The molecule has 0 aliphatic heterocycles. The van der Waals surface area contributed by atoms with Gasteiger partial charge in [0.1, 0.15) is 5.38 Å². The van der Waals surface area contributed by atoms with Crippen LogP contribution in [0, 0.1) is 0 Å². The first-order valence-electron chi connectivity index (χ1n) is 5.90. The van der Waals surface area contributed by atoms with Crippen LogP contribution in [0.3, 0.4) is 0 Å². The normalized spacial score (nSPS) is 12.6. The molecule has 0 amide bonds. The highest BCUT2D eigenvalue weighted by Gasteiger charge is 2.17. The quantitative estimate of drug-likeness (QED) is 0.596. The summed E-state index contributed by atoms with van der Waals surface area (Å²) >= 11 is 6.28. The summed E-state index contributed by atoms with van der Waals surface area (Å²) in [4.78, 5) is 0. The summed E-state index contributed by atoms with van der Waals surface area (Å²) in [6.07, 6.45) is 0.610. The van der Waals surface area contributed by atoms with Crippen molar-refractivity contribution in [3.63, 3.8) is 0 Å². The molecule has 0 spiro atoms. The lowest BCUT2D eigenvalue weighted by Gasteiger charge is -2.03. The summed E-state index contributed by atoms with van der Waals surface area (Å²) in [6, 6.07) is 9.66. The summed E-state index contributed by atoms with van der Waals surface area (Å²) in [7, 11) is 0. The van der Waals surface area contributed by atoms with E-state index in [4.69, 9.17) is 20.8 Å². The van der Waals surface area contributed by atoms with Gasteiger partial charge in [0.25, 0.3) is 0 Å². The molecule has 0 saturated heterocycles. The average Bonchev–Trinajstić information content (AvgIpc) is 2.88. The van der Waals surface area contributed by atoms with Crippen LogP contribution in [-0.2, 0) is 11.2 Å². The van der Waals surface area contributed by atoms with E-state index in [9.17, 15) is 0 Å².